The van der Waals surface area contributed by atoms with Gasteiger partial charge in [0.2, 0.25) is 0 Å². The highest BCUT2D eigenvalue weighted by atomic mass is 16.3. The lowest BCUT2D eigenvalue weighted by molar-refractivity contribution is 0.0902. The van der Waals surface area contributed by atoms with E-state index in [1.54, 1.807) is 0 Å². The summed E-state index contributed by atoms with van der Waals surface area (Å²) in [5.74, 6) is 0. The molecule has 0 radical (unpaired) electrons. The normalized spacial score (nSPS) is 14.2. The predicted molar refractivity (Wildman–Crippen MR) is 74.3 cm³/mol. The number of aryl methyl sites for hydroxylation is 1. The van der Waals surface area contributed by atoms with Gasteiger partial charge in [0.25, 0.3) is 0 Å². The maximum atomic E-state index is 10.8. The van der Waals surface area contributed by atoms with Crippen LogP contribution in [0.2, 0.25) is 0 Å². The molecule has 2 aromatic rings. The van der Waals surface area contributed by atoms with Crippen molar-refractivity contribution < 1.29 is 5.11 Å². The van der Waals surface area contributed by atoms with Gasteiger partial charge in [-0.3, -0.25) is 0 Å². The van der Waals surface area contributed by atoms with Gasteiger partial charge >= 0.3 is 0 Å². The zero-order valence-corrected chi connectivity index (χ0v) is 10.6. The average molecular weight is 241 g/mol. The van der Waals surface area contributed by atoms with Gasteiger partial charge in [0.05, 0.1) is 0 Å². The van der Waals surface area contributed by atoms with E-state index in [4.69, 9.17) is 5.73 Å². The summed E-state index contributed by atoms with van der Waals surface area (Å²) in [7, 11) is 0. The molecule has 0 bridgehead atoms. The van der Waals surface area contributed by atoms with E-state index in [-0.39, 0.29) is 6.54 Å². The molecule has 0 aliphatic rings. The second-order valence-corrected chi connectivity index (χ2v) is 4.48. The van der Waals surface area contributed by atoms with E-state index >= 15 is 0 Å². The molecule has 0 heterocycles. The Kier molecular flexibility index (Phi) is 3.80. The van der Waals surface area contributed by atoms with Crippen molar-refractivity contribution in [2.75, 3.05) is 6.54 Å². The Labute approximate surface area is 108 Å². The van der Waals surface area contributed by atoms with Gasteiger partial charge in [-0.15, -0.1) is 0 Å². The molecule has 0 aliphatic heterocycles. The van der Waals surface area contributed by atoms with Crippen LogP contribution in [0.4, 0.5) is 0 Å². The summed E-state index contributed by atoms with van der Waals surface area (Å²) in [6, 6.07) is 17.6. The second-order valence-electron chi connectivity index (χ2n) is 4.48. The van der Waals surface area contributed by atoms with Crippen molar-refractivity contribution in [3.05, 3.63) is 71.3 Å². The Hall–Kier alpha value is -1.64. The third kappa shape index (κ3) is 2.30. The van der Waals surface area contributed by atoms with Gasteiger partial charge in [-0.05, 0) is 23.1 Å². The first-order valence-electron chi connectivity index (χ1n) is 6.28. The van der Waals surface area contributed by atoms with Crippen molar-refractivity contribution in [3.63, 3.8) is 0 Å². The molecule has 2 heteroatoms. The van der Waals surface area contributed by atoms with E-state index < -0.39 is 5.60 Å². The third-order valence-electron chi connectivity index (χ3n) is 3.39. The highest BCUT2D eigenvalue weighted by Crippen LogP contribution is 2.28. The van der Waals surface area contributed by atoms with E-state index in [1.165, 1.54) is 5.56 Å². The van der Waals surface area contributed by atoms with Crippen LogP contribution in [0, 0.1) is 0 Å². The lowest BCUT2D eigenvalue weighted by Crippen LogP contribution is -2.36. The molecule has 2 aromatic carbocycles. The van der Waals surface area contributed by atoms with Gasteiger partial charge in [-0.2, -0.15) is 0 Å². The molecule has 1 unspecified atom stereocenters. The van der Waals surface area contributed by atoms with Crippen LogP contribution in [0.5, 0.6) is 0 Å². The average Bonchev–Trinajstić information content (AvgIpc) is 2.47. The number of hydrogen-bond acceptors (Lipinski definition) is 2. The zero-order valence-electron chi connectivity index (χ0n) is 10.6. The van der Waals surface area contributed by atoms with Crippen LogP contribution in [-0.2, 0) is 12.0 Å². The first kappa shape index (κ1) is 12.8. The van der Waals surface area contributed by atoms with Gasteiger partial charge in [0.1, 0.15) is 5.60 Å². The Morgan fingerprint density at radius 2 is 1.50 bits per heavy atom. The summed E-state index contributed by atoms with van der Waals surface area (Å²) < 4.78 is 0. The van der Waals surface area contributed by atoms with Gasteiger partial charge in [-0.25, -0.2) is 0 Å². The molecule has 0 saturated heterocycles. The van der Waals surface area contributed by atoms with Crippen molar-refractivity contribution >= 4 is 0 Å². The maximum Gasteiger partial charge on any atom is 0.127 e. The smallest absolute Gasteiger partial charge is 0.127 e. The summed E-state index contributed by atoms with van der Waals surface area (Å²) in [5.41, 5.74) is 7.62. The molecule has 18 heavy (non-hydrogen) atoms. The number of benzene rings is 2. The molecular formula is C16H19NO. The highest BCUT2D eigenvalue weighted by Gasteiger charge is 2.29. The third-order valence-corrected chi connectivity index (χ3v) is 3.39. The Morgan fingerprint density at radius 3 is 2.00 bits per heavy atom. The molecule has 2 nitrogen and oxygen atoms in total. The van der Waals surface area contributed by atoms with E-state index in [0.717, 1.165) is 17.5 Å². The fraction of sp³-hybridized carbons (Fsp3) is 0.250. The molecule has 0 saturated carbocycles. The summed E-state index contributed by atoms with van der Waals surface area (Å²) in [6.45, 7) is 2.28. The zero-order chi connectivity index (χ0) is 13.0. The van der Waals surface area contributed by atoms with Crippen LogP contribution in [0.3, 0.4) is 0 Å². The molecule has 0 fully saturated rings. The number of hydrogen-bond donors (Lipinski definition) is 2. The quantitative estimate of drug-likeness (QED) is 0.863. The highest BCUT2D eigenvalue weighted by molar-refractivity contribution is 5.37. The Balaban J connectivity index is 2.43. The second kappa shape index (κ2) is 5.34. The van der Waals surface area contributed by atoms with E-state index in [9.17, 15) is 5.11 Å². The molecule has 1 atom stereocenters. The van der Waals surface area contributed by atoms with E-state index in [2.05, 4.69) is 6.92 Å². The molecule has 0 spiro atoms. The van der Waals surface area contributed by atoms with Gasteiger partial charge in [-0.1, -0.05) is 61.5 Å². The molecular weight excluding hydrogens is 222 g/mol. The van der Waals surface area contributed by atoms with Crippen molar-refractivity contribution in [2.45, 2.75) is 18.9 Å². The summed E-state index contributed by atoms with van der Waals surface area (Å²) in [6.07, 6.45) is 0.993. The lowest BCUT2D eigenvalue weighted by Gasteiger charge is -2.28. The Morgan fingerprint density at radius 1 is 0.944 bits per heavy atom. The standard InChI is InChI=1S/C16H19NO/c1-2-13-8-10-15(11-9-13)16(18,12-17)14-6-4-3-5-7-14/h3-11,18H,2,12,17H2,1H3. The largest absolute Gasteiger partial charge is 0.379 e. The van der Waals surface area contributed by atoms with Crippen molar-refractivity contribution in [1.29, 1.82) is 0 Å². The minimum absolute atomic E-state index is 0.169. The summed E-state index contributed by atoms with van der Waals surface area (Å²) >= 11 is 0. The SMILES string of the molecule is CCc1ccc(C(O)(CN)c2ccccc2)cc1. The lowest BCUT2D eigenvalue weighted by atomic mass is 9.86. The first-order chi connectivity index (χ1) is 8.70. The number of aliphatic hydroxyl groups is 1. The molecule has 3 N–H and O–H groups in total. The minimum Gasteiger partial charge on any atom is -0.379 e. The molecule has 0 amide bonds. The van der Waals surface area contributed by atoms with Crippen LogP contribution >= 0.6 is 0 Å². The van der Waals surface area contributed by atoms with E-state index in [0.29, 0.717) is 0 Å². The topological polar surface area (TPSA) is 46.2 Å². The van der Waals surface area contributed by atoms with Gasteiger partial charge in [0, 0.05) is 6.54 Å². The number of nitrogens with two attached hydrogens (primary N) is 1. The fourth-order valence-corrected chi connectivity index (χ4v) is 2.13. The summed E-state index contributed by atoms with van der Waals surface area (Å²) in [4.78, 5) is 0. The maximum absolute atomic E-state index is 10.8. The molecule has 0 aliphatic carbocycles. The predicted octanol–water partition coefficient (Wildman–Crippen LogP) is 2.44. The van der Waals surface area contributed by atoms with Crippen molar-refractivity contribution in [3.8, 4) is 0 Å². The van der Waals surface area contributed by atoms with Crippen LogP contribution in [-0.4, -0.2) is 11.7 Å². The minimum atomic E-state index is -1.10. The molecule has 94 valence electrons. The van der Waals surface area contributed by atoms with Crippen LogP contribution in [0.1, 0.15) is 23.6 Å². The molecule has 0 aromatic heterocycles. The monoisotopic (exact) mass is 241 g/mol. The number of rotatable bonds is 4. The summed E-state index contributed by atoms with van der Waals surface area (Å²) in [5, 5.41) is 10.8. The van der Waals surface area contributed by atoms with E-state index in [1.807, 2.05) is 54.6 Å². The molecule has 2 rings (SSSR count). The fourth-order valence-electron chi connectivity index (χ4n) is 2.13. The van der Waals surface area contributed by atoms with Crippen LogP contribution in [0.15, 0.2) is 54.6 Å². The van der Waals surface area contributed by atoms with Crippen molar-refractivity contribution in [2.24, 2.45) is 5.73 Å². The van der Waals surface area contributed by atoms with Gasteiger partial charge < -0.3 is 10.8 Å². The van der Waals surface area contributed by atoms with Gasteiger partial charge in [0.15, 0.2) is 0 Å². The van der Waals surface area contributed by atoms with Crippen LogP contribution in [0.25, 0.3) is 0 Å². The Bertz CT molecular complexity index is 492. The first-order valence-corrected chi connectivity index (χ1v) is 6.28. The van der Waals surface area contributed by atoms with Crippen LogP contribution < -0.4 is 5.73 Å². The van der Waals surface area contributed by atoms with Crippen molar-refractivity contribution in [1.82, 2.24) is 0 Å².